The first-order chi connectivity index (χ1) is 10.9. The smallest absolute Gasteiger partial charge is 0.241 e. The van der Waals surface area contributed by atoms with Gasteiger partial charge in [0.25, 0.3) is 0 Å². The van der Waals surface area contributed by atoms with Crippen molar-refractivity contribution >= 4 is 23.0 Å². The summed E-state index contributed by atoms with van der Waals surface area (Å²) in [5.41, 5.74) is 3.06. The average Bonchev–Trinajstić information content (AvgIpc) is 2.99. The Morgan fingerprint density at radius 1 is 1.30 bits per heavy atom. The Hall–Kier alpha value is -2.02. The fourth-order valence-corrected chi connectivity index (χ4v) is 3.36. The van der Waals surface area contributed by atoms with E-state index in [2.05, 4.69) is 15.4 Å². The van der Waals surface area contributed by atoms with Gasteiger partial charge in [-0.05, 0) is 34.1 Å². The molecule has 2 aromatic heterocycles. The molecule has 0 fully saturated rings. The number of aromatic nitrogens is 3. The molecule has 1 amide bonds. The van der Waals surface area contributed by atoms with Crippen LogP contribution in [0.5, 0.6) is 0 Å². The number of hydrogen-bond acceptors (Lipinski definition) is 5. The van der Waals surface area contributed by atoms with Gasteiger partial charge in [0, 0.05) is 29.7 Å². The van der Waals surface area contributed by atoms with Gasteiger partial charge in [0.2, 0.25) is 5.91 Å². The topological polar surface area (TPSA) is 76.9 Å². The maximum atomic E-state index is 12.0. The number of Topliss-reactive ketones (excluding diaryl/α,β-unsaturated/α-hetero) is 1. The summed E-state index contributed by atoms with van der Waals surface area (Å²) in [5, 5.41) is 10.3. The van der Waals surface area contributed by atoms with E-state index in [0.29, 0.717) is 17.8 Å². The Morgan fingerprint density at radius 2 is 2.04 bits per heavy atom. The fraction of sp³-hybridized carbons (Fsp3) is 0.500. The Morgan fingerprint density at radius 3 is 2.61 bits per heavy atom. The van der Waals surface area contributed by atoms with Gasteiger partial charge in [-0.15, -0.1) is 11.3 Å². The molecule has 2 aromatic rings. The highest BCUT2D eigenvalue weighted by Gasteiger charge is 2.16. The van der Waals surface area contributed by atoms with E-state index in [1.165, 1.54) is 6.92 Å². The van der Waals surface area contributed by atoms with Gasteiger partial charge in [-0.25, -0.2) is 4.98 Å². The van der Waals surface area contributed by atoms with Crippen molar-refractivity contribution in [3.05, 3.63) is 33.0 Å². The van der Waals surface area contributed by atoms with Gasteiger partial charge in [0.05, 0.1) is 16.3 Å². The van der Waals surface area contributed by atoms with E-state index in [-0.39, 0.29) is 18.2 Å². The molecule has 0 spiro atoms. The number of ketones is 1. The van der Waals surface area contributed by atoms with Crippen molar-refractivity contribution in [3.63, 3.8) is 0 Å². The summed E-state index contributed by atoms with van der Waals surface area (Å²) in [6.45, 7) is 7.84. The van der Waals surface area contributed by atoms with Gasteiger partial charge in [0.15, 0.2) is 5.78 Å². The molecule has 6 nitrogen and oxygen atoms in total. The standard InChI is InChI=1S/C16H22N4O2S/c1-10-9-23-15(18-10)6-5-7-17-14(22)8-20-12(3)16(13(4)21)11(2)19-20/h9H,5-8H2,1-4H3,(H,17,22). The lowest BCUT2D eigenvalue weighted by atomic mass is 10.1. The highest BCUT2D eigenvalue weighted by molar-refractivity contribution is 7.09. The van der Waals surface area contributed by atoms with Crippen LogP contribution in [0.2, 0.25) is 0 Å². The first-order valence-electron chi connectivity index (χ1n) is 7.61. The lowest BCUT2D eigenvalue weighted by molar-refractivity contribution is -0.121. The molecule has 0 bridgehead atoms. The summed E-state index contributed by atoms with van der Waals surface area (Å²) in [6, 6.07) is 0. The highest BCUT2D eigenvalue weighted by atomic mass is 32.1. The SMILES string of the molecule is CC(=O)c1c(C)nn(CC(=O)NCCCc2nc(C)cs2)c1C. The minimum absolute atomic E-state index is 0.0228. The number of amides is 1. The van der Waals surface area contributed by atoms with Crippen LogP contribution in [0, 0.1) is 20.8 Å². The first-order valence-corrected chi connectivity index (χ1v) is 8.49. The van der Waals surface area contributed by atoms with Crippen LogP contribution in [0.4, 0.5) is 0 Å². The maximum Gasteiger partial charge on any atom is 0.241 e. The molecule has 0 atom stereocenters. The molecule has 0 unspecified atom stereocenters. The average molecular weight is 334 g/mol. The summed E-state index contributed by atoms with van der Waals surface area (Å²) >= 11 is 1.65. The van der Waals surface area contributed by atoms with E-state index >= 15 is 0 Å². The first kappa shape index (κ1) is 17.3. The molecule has 2 rings (SSSR count). The van der Waals surface area contributed by atoms with Crippen molar-refractivity contribution in [2.24, 2.45) is 0 Å². The van der Waals surface area contributed by atoms with Crippen molar-refractivity contribution in [3.8, 4) is 0 Å². The molecule has 0 aromatic carbocycles. The fourth-order valence-electron chi connectivity index (χ4n) is 2.54. The minimum atomic E-state index is -0.0963. The van der Waals surface area contributed by atoms with Crippen molar-refractivity contribution in [1.82, 2.24) is 20.1 Å². The van der Waals surface area contributed by atoms with Crippen LogP contribution >= 0.6 is 11.3 Å². The molecular weight excluding hydrogens is 312 g/mol. The summed E-state index contributed by atoms with van der Waals surface area (Å²) in [4.78, 5) is 28.0. The predicted molar refractivity (Wildman–Crippen MR) is 89.9 cm³/mol. The van der Waals surface area contributed by atoms with Gasteiger partial charge < -0.3 is 5.32 Å². The van der Waals surface area contributed by atoms with Crippen LogP contribution in [-0.2, 0) is 17.8 Å². The Bertz CT molecular complexity index is 718. The summed E-state index contributed by atoms with van der Waals surface area (Å²) in [6.07, 6.45) is 1.72. The van der Waals surface area contributed by atoms with Gasteiger partial charge in [-0.3, -0.25) is 14.3 Å². The van der Waals surface area contributed by atoms with Gasteiger partial charge >= 0.3 is 0 Å². The zero-order valence-electron chi connectivity index (χ0n) is 14.0. The van der Waals surface area contributed by atoms with Crippen LogP contribution in [0.25, 0.3) is 0 Å². The molecule has 0 aliphatic heterocycles. The normalized spacial score (nSPS) is 10.8. The van der Waals surface area contributed by atoms with Gasteiger partial charge in [-0.1, -0.05) is 0 Å². The van der Waals surface area contributed by atoms with Crippen molar-refractivity contribution in [2.45, 2.75) is 47.1 Å². The zero-order chi connectivity index (χ0) is 17.0. The number of thiazole rings is 1. The second kappa shape index (κ2) is 7.50. The highest BCUT2D eigenvalue weighted by Crippen LogP contribution is 2.13. The number of aryl methyl sites for hydroxylation is 3. The van der Waals surface area contributed by atoms with E-state index in [0.717, 1.165) is 29.2 Å². The van der Waals surface area contributed by atoms with E-state index in [4.69, 9.17) is 0 Å². The summed E-state index contributed by atoms with van der Waals surface area (Å²) in [5.74, 6) is -0.119. The Labute approximate surface area is 139 Å². The maximum absolute atomic E-state index is 12.0. The minimum Gasteiger partial charge on any atom is -0.354 e. The van der Waals surface area contributed by atoms with Crippen LogP contribution < -0.4 is 5.32 Å². The van der Waals surface area contributed by atoms with Crippen molar-refractivity contribution in [1.29, 1.82) is 0 Å². The van der Waals surface area contributed by atoms with E-state index in [9.17, 15) is 9.59 Å². The molecule has 23 heavy (non-hydrogen) atoms. The lowest BCUT2D eigenvalue weighted by Gasteiger charge is -2.06. The number of nitrogens with one attached hydrogen (secondary N) is 1. The third-order valence-electron chi connectivity index (χ3n) is 3.58. The van der Waals surface area contributed by atoms with Gasteiger partial charge in [-0.2, -0.15) is 5.10 Å². The summed E-state index contributed by atoms with van der Waals surface area (Å²) < 4.78 is 1.59. The van der Waals surface area contributed by atoms with Crippen LogP contribution in [0.15, 0.2) is 5.38 Å². The molecule has 124 valence electrons. The summed E-state index contributed by atoms with van der Waals surface area (Å²) in [7, 11) is 0. The third kappa shape index (κ3) is 4.48. The molecule has 0 aliphatic carbocycles. The molecule has 0 aliphatic rings. The van der Waals surface area contributed by atoms with Crippen molar-refractivity contribution in [2.75, 3.05) is 6.54 Å². The number of nitrogens with zero attached hydrogens (tertiary/aromatic N) is 3. The zero-order valence-corrected chi connectivity index (χ0v) is 14.8. The molecule has 0 saturated carbocycles. The second-order valence-corrected chi connectivity index (χ2v) is 6.54. The van der Waals surface area contributed by atoms with Crippen molar-refractivity contribution < 1.29 is 9.59 Å². The third-order valence-corrected chi connectivity index (χ3v) is 4.61. The molecule has 0 radical (unpaired) electrons. The quantitative estimate of drug-likeness (QED) is 0.622. The second-order valence-electron chi connectivity index (χ2n) is 5.60. The molecule has 7 heteroatoms. The predicted octanol–water partition coefficient (Wildman–Crippen LogP) is 2.22. The van der Waals surface area contributed by atoms with Crippen LogP contribution in [0.3, 0.4) is 0 Å². The molecule has 1 N–H and O–H groups in total. The number of carbonyl (C=O) groups is 2. The number of hydrogen-bond donors (Lipinski definition) is 1. The molecular formula is C16H22N4O2S. The Kier molecular flexibility index (Phi) is 5.65. The lowest BCUT2D eigenvalue weighted by Crippen LogP contribution is -2.29. The van der Waals surface area contributed by atoms with Crippen LogP contribution in [0.1, 0.15) is 45.8 Å². The number of rotatable bonds is 7. The van der Waals surface area contributed by atoms with Crippen LogP contribution in [-0.4, -0.2) is 33.0 Å². The van der Waals surface area contributed by atoms with E-state index < -0.39 is 0 Å². The largest absolute Gasteiger partial charge is 0.354 e. The monoisotopic (exact) mass is 334 g/mol. The molecule has 0 saturated heterocycles. The number of carbonyl (C=O) groups excluding carboxylic acids is 2. The Balaban J connectivity index is 1.81. The molecule has 2 heterocycles. The van der Waals surface area contributed by atoms with E-state index in [1.807, 2.05) is 19.2 Å². The van der Waals surface area contributed by atoms with E-state index in [1.54, 1.807) is 22.9 Å². The van der Waals surface area contributed by atoms with Gasteiger partial charge in [0.1, 0.15) is 6.54 Å².